The molecule has 16 heavy (non-hydrogen) atoms. The summed E-state index contributed by atoms with van der Waals surface area (Å²) < 4.78 is 17.4. The van der Waals surface area contributed by atoms with E-state index in [-0.39, 0.29) is 18.3 Å². The lowest BCUT2D eigenvalue weighted by atomic mass is 9.86. The summed E-state index contributed by atoms with van der Waals surface area (Å²) in [6.45, 7) is 10.2. The number of aryl methyl sites for hydroxylation is 1. The zero-order valence-corrected chi connectivity index (χ0v) is 10.7. The van der Waals surface area contributed by atoms with Crippen molar-refractivity contribution < 1.29 is 13.7 Å². The minimum atomic E-state index is -0.384. The molecular formula is C12H19BO3. The summed E-state index contributed by atoms with van der Waals surface area (Å²) in [5, 5.41) is 0. The summed E-state index contributed by atoms with van der Waals surface area (Å²) in [5.74, 6) is 0.963. The van der Waals surface area contributed by atoms with E-state index in [1.165, 1.54) is 0 Å². The maximum atomic E-state index is 5.89. The number of hydrogen-bond acceptors (Lipinski definition) is 3. The highest BCUT2D eigenvalue weighted by molar-refractivity contribution is 6.60. The van der Waals surface area contributed by atoms with Crippen LogP contribution in [0.2, 0.25) is 0 Å². The van der Waals surface area contributed by atoms with Crippen LogP contribution in [-0.4, -0.2) is 18.3 Å². The van der Waals surface area contributed by atoms with E-state index < -0.39 is 0 Å². The van der Waals surface area contributed by atoms with Crippen molar-refractivity contribution in [3.63, 3.8) is 0 Å². The van der Waals surface area contributed by atoms with Crippen LogP contribution in [0.25, 0.3) is 0 Å². The summed E-state index contributed by atoms with van der Waals surface area (Å²) in [7, 11) is -0.384. The van der Waals surface area contributed by atoms with Gasteiger partial charge in [0.15, 0.2) is 0 Å². The van der Waals surface area contributed by atoms with Crippen molar-refractivity contribution in [2.24, 2.45) is 0 Å². The van der Waals surface area contributed by atoms with Crippen molar-refractivity contribution in [3.05, 3.63) is 17.9 Å². The van der Waals surface area contributed by atoms with Crippen LogP contribution >= 0.6 is 0 Å². The Labute approximate surface area is 97.3 Å². The summed E-state index contributed by atoms with van der Waals surface area (Å²) in [4.78, 5) is 0. The van der Waals surface area contributed by atoms with Crippen LogP contribution in [0.3, 0.4) is 0 Å². The Kier molecular flexibility index (Phi) is 2.67. The van der Waals surface area contributed by atoms with Crippen molar-refractivity contribution in [2.45, 2.75) is 52.2 Å². The molecular weight excluding hydrogens is 203 g/mol. The Bertz CT molecular complexity index is 365. The van der Waals surface area contributed by atoms with E-state index in [2.05, 4.69) is 6.92 Å². The van der Waals surface area contributed by atoms with E-state index in [1.807, 2.05) is 39.8 Å². The second-order valence-electron chi connectivity index (χ2n) is 5.25. The molecule has 1 aromatic rings. The fourth-order valence-corrected chi connectivity index (χ4v) is 1.67. The number of furan rings is 1. The van der Waals surface area contributed by atoms with Gasteiger partial charge >= 0.3 is 7.12 Å². The van der Waals surface area contributed by atoms with Gasteiger partial charge in [-0.1, -0.05) is 6.92 Å². The Morgan fingerprint density at radius 1 is 1.06 bits per heavy atom. The molecule has 1 fully saturated rings. The highest BCUT2D eigenvalue weighted by Gasteiger charge is 2.53. The third-order valence-corrected chi connectivity index (χ3v) is 3.52. The fourth-order valence-electron chi connectivity index (χ4n) is 1.67. The quantitative estimate of drug-likeness (QED) is 0.718. The van der Waals surface area contributed by atoms with Crippen molar-refractivity contribution in [1.82, 2.24) is 0 Å². The molecule has 0 bridgehead atoms. The van der Waals surface area contributed by atoms with Crippen molar-refractivity contribution in [3.8, 4) is 0 Å². The first kappa shape index (κ1) is 11.7. The van der Waals surface area contributed by atoms with Crippen LogP contribution < -0.4 is 5.66 Å². The summed E-state index contributed by atoms with van der Waals surface area (Å²) >= 11 is 0. The van der Waals surface area contributed by atoms with Crippen molar-refractivity contribution in [1.29, 1.82) is 0 Å². The van der Waals surface area contributed by atoms with Gasteiger partial charge in [0.2, 0.25) is 0 Å². The second-order valence-corrected chi connectivity index (χ2v) is 5.25. The maximum absolute atomic E-state index is 5.89. The fraction of sp³-hybridized carbons (Fsp3) is 0.667. The van der Waals surface area contributed by atoms with Crippen LogP contribution in [0.1, 0.15) is 40.4 Å². The lowest BCUT2D eigenvalue weighted by Crippen LogP contribution is -2.41. The first-order chi connectivity index (χ1) is 7.36. The first-order valence-corrected chi connectivity index (χ1v) is 5.80. The zero-order valence-electron chi connectivity index (χ0n) is 10.7. The normalized spacial score (nSPS) is 22.7. The van der Waals surface area contributed by atoms with Gasteiger partial charge in [0.1, 0.15) is 11.4 Å². The first-order valence-electron chi connectivity index (χ1n) is 5.80. The number of hydrogen-bond donors (Lipinski definition) is 0. The summed E-state index contributed by atoms with van der Waals surface area (Å²) in [6.07, 6.45) is 0.888. The molecule has 1 saturated heterocycles. The lowest BCUT2D eigenvalue weighted by molar-refractivity contribution is 0.00578. The van der Waals surface area contributed by atoms with E-state index in [0.717, 1.165) is 17.8 Å². The molecule has 0 aromatic carbocycles. The minimum absolute atomic E-state index is 0.309. The number of rotatable bonds is 2. The molecule has 2 heterocycles. The van der Waals surface area contributed by atoms with E-state index in [0.29, 0.717) is 0 Å². The minimum Gasteiger partial charge on any atom is -0.470 e. The highest BCUT2D eigenvalue weighted by atomic mass is 16.7. The maximum Gasteiger partial charge on any atom is 0.532 e. The van der Waals surface area contributed by atoms with Crippen LogP contribution in [0.5, 0.6) is 0 Å². The van der Waals surface area contributed by atoms with Gasteiger partial charge in [0.25, 0.3) is 0 Å². The molecule has 1 aliphatic rings. The highest BCUT2D eigenvalue weighted by Crippen LogP contribution is 2.36. The summed E-state index contributed by atoms with van der Waals surface area (Å²) in [5.41, 5.74) is 0.142. The zero-order chi connectivity index (χ0) is 12.0. The third-order valence-electron chi connectivity index (χ3n) is 3.52. The molecule has 4 heteroatoms. The molecule has 0 amide bonds. The third kappa shape index (κ3) is 1.80. The Morgan fingerprint density at radius 2 is 1.62 bits per heavy atom. The van der Waals surface area contributed by atoms with Gasteiger partial charge in [-0.2, -0.15) is 0 Å². The Morgan fingerprint density at radius 3 is 2.06 bits per heavy atom. The SMILES string of the molecule is CCc1ccc(B2OC(C)(C)C(C)(C)O2)o1. The molecule has 1 aliphatic heterocycles. The molecule has 1 aromatic heterocycles. The standard InChI is InChI=1S/C12H19BO3/c1-6-9-7-8-10(14-9)13-15-11(2,3)12(4,5)16-13/h7-8H,6H2,1-5H3. The Balaban J connectivity index is 2.20. The van der Waals surface area contributed by atoms with Gasteiger partial charge in [-0.15, -0.1) is 0 Å². The molecule has 0 spiro atoms. The lowest BCUT2D eigenvalue weighted by Gasteiger charge is -2.32. The molecule has 0 aliphatic carbocycles. The van der Waals surface area contributed by atoms with Crippen LogP contribution in [0.4, 0.5) is 0 Å². The average Bonchev–Trinajstić information content (AvgIpc) is 2.70. The summed E-state index contributed by atoms with van der Waals surface area (Å²) in [6, 6.07) is 3.90. The monoisotopic (exact) mass is 222 g/mol. The van der Waals surface area contributed by atoms with E-state index in [4.69, 9.17) is 13.7 Å². The van der Waals surface area contributed by atoms with Crippen LogP contribution in [-0.2, 0) is 15.7 Å². The average molecular weight is 222 g/mol. The molecule has 0 saturated carbocycles. The molecule has 0 unspecified atom stereocenters. The molecule has 0 atom stereocenters. The van der Waals surface area contributed by atoms with Gasteiger partial charge in [-0.25, -0.2) is 0 Å². The smallest absolute Gasteiger partial charge is 0.470 e. The predicted molar refractivity (Wildman–Crippen MR) is 63.8 cm³/mol. The van der Waals surface area contributed by atoms with E-state index in [1.54, 1.807) is 0 Å². The molecule has 88 valence electrons. The van der Waals surface area contributed by atoms with Crippen LogP contribution in [0.15, 0.2) is 16.5 Å². The van der Waals surface area contributed by atoms with Gasteiger partial charge in [0, 0.05) is 6.42 Å². The second kappa shape index (κ2) is 3.64. The van der Waals surface area contributed by atoms with Gasteiger partial charge in [0.05, 0.1) is 11.2 Å². The van der Waals surface area contributed by atoms with E-state index >= 15 is 0 Å². The van der Waals surface area contributed by atoms with Crippen LogP contribution in [0, 0.1) is 0 Å². The van der Waals surface area contributed by atoms with Gasteiger partial charge < -0.3 is 13.7 Å². The van der Waals surface area contributed by atoms with Gasteiger partial charge in [-0.3, -0.25) is 0 Å². The molecule has 0 radical (unpaired) electrons. The topological polar surface area (TPSA) is 31.6 Å². The van der Waals surface area contributed by atoms with Gasteiger partial charge in [-0.05, 0) is 39.8 Å². The molecule has 2 rings (SSSR count). The van der Waals surface area contributed by atoms with Crippen molar-refractivity contribution >= 4 is 12.8 Å². The molecule has 0 N–H and O–H groups in total. The largest absolute Gasteiger partial charge is 0.532 e. The molecule has 3 nitrogen and oxygen atoms in total. The predicted octanol–water partition coefficient (Wildman–Crippen LogP) is 2.14. The van der Waals surface area contributed by atoms with Crippen molar-refractivity contribution in [2.75, 3.05) is 0 Å². The van der Waals surface area contributed by atoms with E-state index in [9.17, 15) is 0 Å². The Hall–Kier alpha value is -0.735.